The minimum absolute atomic E-state index is 0.0628. The second kappa shape index (κ2) is 11.9. The zero-order valence-electron chi connectivity index (χ0n) is 11.8. The first-order valence-electron chi connectivity index (χ1n) is 6.46. The summed E-state index contributed by atoms with van der Waals surface area (Å²) in [5.74, 6) is -1.74. The van der Waals surface area contributed by atoms with Crippen LogP contribution >= 0.6 is 0 Å². The van der Waals surface area contributed by atoms with E-state index in [1.54, 1.807) is 0 Å². The second-order valence-corrected chi connectivity index (χ2v) is 4.87. The maximum absolute atomic E-state index is 9.90. The van der Waals surface area contributed by atoms with Gasteiger partial charge in [-0.3, -0.25) is 9.59 Å². The van der Waals surface area contributed by atoms with Gasteiger partial charge in [0.25, 0.3) is 0 Å². The summed E-state index contributed by atoms with van der Waals surface area (Å²) in [6.45, 7) is 4.09. The van der Waals surface area contributed by atoms with Crippen molar-refractivity contribution in [1.29, 1.82) is 0 Å². The van der Waals surface area contributed by atoms with E-state index in [1.165, 1.54) is 0 Å². The number of aliphatic carboxylic acids is 2. The molecule has 0 atom stereocenters. The van der Waals surface area contributed by atoms with Crippen LogP contribution in [-0.2, 0) is 9.59 Å². The number of hydrogen-bond donors (Lipinski definition) is 4. The molecule has 0 fully saturated rings. The molecule has 0 bridgehead atoms. The third-order valence-corrected chi connectivity index (χ3v) is 2.65. The van der Waals surface area contributed by atoms with Gasteiger partial charge in [-0.2, -0.15) is 0 Å². The molecule has 0 aliphatic carbocycles. The highest BCUT2D eigenvalue weighted by atomic mass is 16.4. The highest BCUT2D eigenvalue weighted by molar-refractivity contribution is 5.67. The van der Waals surface area contributed by atoms with Crippen LogP contribution in [0, 0.1) is 5.41 Å². The molecule has 19 heavy (non-hydrogen) atoms. The molecule has 0 aromatic carbocycles. The summed E-state index contributed by atoms with van der Waals surface area (Å²) < 4.78 is 0. The number of hydrogen-bond acceptors (Lipinski definition) is 4. The molecule has 0 rings (SSSR count). The summed E-state index contributed by atoms with van der Waals surface area (Å²) in [4.78, 5) is 19.8. The van der Waals surface area contributed by atoms with Gasteiger partial charge >= 0.3 is 11.9 Å². The molecule has 0 saturated heterocycles. The second-order valence-electron chi connectivity index (χ2n) is 4.87. The molecule has 6 nitrogen and oxygen atoms in total. The average molecular weight is 278 g/mol. The number of aliphatic hydroxyl groups is 2. The largest absolute Gasteiger partial charge is 0.481 e. The number of carboxylic acid groups (broad SMARTS) is 2. The van der Waals surface area contributed by atoms with Crippen molar-refractivity contribution in [2.75, 3.05) is 13.2 Å². The Labute approximate surface area is 114 Å². The lowest BCUT2D eigenvalue weighted by molar-refractivity contribution is -0.139. The van der Waals surface area contributed by atoms with Crippen molar-refractivity contribution in [3.05, 3.63) is 0 Å². The number of aliphatic hydroxyl groups excluding tert-OH is 2. The van der Waals surface area contributed by atoms with Crippen LogP contribution in [0.25, 0.3) is 0 Å². The third-order valence-electron chi connectivity index (χ3n) is 2.65. The Kier molecular flexibility index (Phi) is 12.7. The lowest BCUT2D eigenvalue weighted by Gasteiger charge is -2.23. The first-order valence-corrected chi connectivity index (χ1v) is 6.46. The minimum atomic E-state index is -0.870. The predicted octanol–water partition coefficient (Wildman–Crippen LogP) is 1.49. The Morgan fingerprint density at radius 2 is 1.32 bits per heavy atom. The van der Waals surface area contributed by atoms with E-state index in [0.29, 0.717) is 12.8 Å². The fourth-order valence-electron chi connectivity index (χ4n) is 1.36. The van der Waals surface area contributed by atoms with Crippen LogP contribution in [-0.4, -0.2) is 45.6 Å². The number of carbonyl (C=O) groups is 2. The van der Waals surface area contributed by atoms with Gasteiger partial charge in [-0.05, 0) is 19.3 Å². The van der Waals surface area contributed by atoms with Crippen LogP contribution in [0.15, 0.2) is 0 Å². The summed E-state index contributed by atoms with van der Waals surface area (Å²) in [5, 5.41) is 33.8. The Hall–Kier alpha value is -1.14. The summed E-state index contributed by atoms with van der Waals surface area (Å²) in [5.41, 5.74) is -0.255. The zero-order chi connectivity index (χ0) is 15.3. The van der Waals surface area contributed by atoms with Crippen LogP contribution in [0.2, 0.25) is 0 Å². The van der Waals surface area contributed by atoms with Gasteiger partial charge in [0, 0.05) is 18.3 Å². The predicted molar refractivity (Wildman–Crippen MR) is 70.9 cm³/mol. The summed E-state index contributed by atoms with van der Waals surface area (Å²) in [6.07, 6.45) is 2.92. The standard InChI is InChI=1S/C7H16O2.C6H10O4/c1-3-4-7(2,5-8)6-9;7-5(8)3-1-2-4-6(9)10/h8-9H,3-6H2,1-2H3;1-4H2,(H,7,8)(H,9,10). The normalized spacial score (nSPS) is 10.5. The summed E-state index contributed by atoms with van der Waals surface area (Å²) >= 11 is 0. The first kappa shape index (κ1) is 20.2. The van der Waals surface area contributed by atoms with Gasteiger partial charge < -0.3 is 20.4 Å². The van der Waals surface area contributed by atoms with Crippen molar-refractivity contribution in [3.63, 3.8) is 0 Å². The van der Waals surface area contributed by atoms with Gasteiger partial charge in [0.2, 0.25) is 0 Å². The van der Waals surface area contributed by atoms with Gasteiger partial charge in [0.15, 0.2) is 0 Å². The van der Waals surface area contributed by atoms with Crippen LogP contribution in [0.1, 0.15) is 52.4 Å². The molecule has 0 radical (unpaired) electrons. The van der Waals surface area contributed by atoms with Crippen molar-refractivity contribution in [1.82, 2.24) is 0 Å². The van der Waals surface area contributed by atoms with Gasteiger partial charge in [0.05, 0.1) is 13.2 Å². The maximum atomic E-state index is 9.90. The molecule has 0 unspecified atom stereocenters. The van der Waals surface area contributed by atoms with E-state index in [-0.39, 0.29) is 31.5 Å². The Morgan fingerprint density at radius 3 is 1.47 bits per heavy atom. The molecular formula is C13H26O6. The van der Waals surface area contributed by atoms with Crippen LogP contribution < -0.4 is 0 Å². The monoisotopic (exact) mass is 278 g/mol. The molecule has 0 aliphatic heterocycles. The topological polar surface area (TPSA) is 115 Å². The van der Waals surface area contributed by atoms with E-state index >= 15 is 0 Å². The average Bonchev–Trinajstić information content (AvgIpc) is 2.35. The molecule has 0 aromatic heterocycles. The Morgan fingerprint density at radius 1 is 0.947 bits per heavy atom. The molecule has 0 heterocycles. The summed E-state index contributed by atoms with van der Waals surface area (Å²) in [7, 11) is 0. The smallest absolute Gasteiger partial charge is 0.303 e. The Bertz CT molecular complexity index is 232. The van der Waals surface area contributed by atoms with Crippen LogP contribution in [0.3, 0.4) is 0 Å². The first-order chi connectivity index (χ1) is 8.81. The van der Waals surface area contributed by atoms with E-state index in [2.05, 4.69) is 0 Å². The molecule has 0 saturated carbocycles. The molecule has 0 amide bonds. The molecular weight excluding hydrogens is 252 g/mol. The molecule has 114 valence electrons. The van der Waals surface area contributed by atoms with Crippen molar-refractivity contribution in [2.24, 2.45) is 5.41 Å². The quantitative estimate of drug-likeness (QED) is 0.475. The lowest BCUT2D eigenvalue weighted by atomic mass is 9.88. The number of rotatable bonds is 9. The van der Waals surface area contributed by atoms with Crippen molar-refractivity contribution in [2.45, 2.75) is 52.4 Å². The molecule has 0 spiro atoms. The highest BCUT2D eigenvalue weighted by Crippen LogP contribution is 2.20. The Balaban J connectivity index is 0. The molecule has 6 heteroatoms. The fraction of sp³-hybridized carbons (Fsp3) is 0.846. The maximum Gasteiger partial charge on any atom is 0.303 e. The third kappa shape index (κ3) is 14.8. The van der Waals surface area contributed by atoms with Crippen LogP contribution in [0.5, 0.6) is 0 Å². The van der Waals surface area contributed by atoms with Gasteiger partial charge in [-0.25, -0.2) is 0 Å². The molecule has 4 N–H and O–H groups in total. The van der Waals surface area contributed by atoms with Gasteiger partial charge in [-0.15, -0.1) is 0 Å². The number of unbranched alkanes of at least 4 members (excludes halogenated alkanes) is 1. The lowest BCUT2D eigenvalue weighted by Crippen LogP contribution is -2.25. The highest BCUT2D eigenvalue weighted by Gasteiger charge is 2.20. The summed E-state index contributed by atoms with van der Waals surface area (Å²) in [6, 6.07) is 0. The van der Waals surface area contributed by atoms with Gasteiger partial charge in [0.1, 0.15) is 0 Å². The van der Waals surface area contributed by atoms with E-state index < -0.39 is 11.9 Å². The van der Waals surface area contributed by atoms with E-state index in [4.69, 9.17) is 20.4 Å². The fourth-order valence-corrected chi connectivity index (χ4v) is 1.36. The molecule has 0 aliphatic rings. The van der Waals surface area contributed by atoms with Crippen LogP contribution in [0.4, 0.5) is 0 Å². The van der Waals surface area contributed by atoms with E-state index in [0.717, 1.165) is 12.8 Å². The van der Waals surface area contributed by atoms with Crippen molar-refractivity contribution < 1.29 is 30.0 Å². The molecule has 0 aromatic rings. The zero-order valence-corrected chi connectivity index (χ0v) is 11.8. The van der Waals surface area contributed by atoms with E-state index in [9.17, 15) is 9.59 Å². The van der Waals surface area contributed by atoms with Crippen molar-refractivity contribution in [3.8, 4) is 0 Å². The van der Waals surface area contributed by atoms with Gasteiger partial charge in [-0.1, -0.05) is 20.3 Å². The number of carboxylic acids is 2. The minimum Gasteiger partial charge on any atom is -0.481 e. The van der Waals surface area contributed by atoms with Crippen molar-refractivity contribution >= 4 is 11.9 Å². The van der Waals surface area contributed by atoms with E-state index in [1.807, 2.05) is 13.8 Å². The SMILES string of the molecule is CCCC(C)(CO)CO.O=C(O)CCCCC(=O)O.